The number of hydrogen-bond donors (Lipinski definition) is 2. The number of aliphatic hydroxyl groups is 1. The fourth-order valence-electron chi connectivity index (χ4n) is 3.13. The number of aromatic nitrogens is 5. The van der Waals surface area contributed by atoms with Crippen LogP contribution in [0.25, 0.3) is 16.7 Å². The van der Waals surface area contributed by atoms with Gasteiger partial charge in [-0.05, 0) is 31.2 Å². The van der Waals surface area contributed by atoms with Crippen LogP contribution in [0.3, 0.4) is 0 Å². The second kappa shape index (κ2) is 10.5. The number of ether oxygens (including phenoxy) is 2. The minimum Gasteiger partial charge on any atom is -0.461 e. The average molecular weight is 487 g/mol. The Labute approximate surface area is 198 Å². The summed E-state index contributed by atoms with van der Waals surface area (Å²) in [5, 5.41) is 16.8. The molecule has 1 unspecified atom stereocenters. The van der Waals surface area contributed by atoms with E-state index in [0.717, 1.165) is 0 Å². The molecule has 1 atom stereocenters. The minimum atomic E-state index is -1.14. The van der Waals surface area contributed by atoms with Crippen molar-refractivity contribution in [3.63, 3.8) is 0 Å². The molecule has 4 rings (SSSR count). The fourth-order valence-corrected chi connectivity index (χ4v) is 3.24. The highest BCUT2D eigenvalue weighted by atomic mass is 35.5. The predicted molar refractivity (Wildman–Crippen MR) is 122 cm³/mol. The summed E-state index contributed by atoms with van der Waals surface area (Å²) in [6.07, 6.45) is 2.99. The summed E-state index contributed by atoms with van der Waals surface area (Å²) >= 11 is 5.84. The van der Waals surface area contributed by atoms with Crippen LogP contribution >= 0.6 is 11.6 Å². The van der Waals surface area contributed by atoms with Crippen LogP contribution in [0.4, 0.5) is 10.2 Å². The van der Waals surface area contributed by atoms with E-state index in [0.29, 0.717) is 27.3 Å². The van der Waals surface area contributed by atoms with Gasteiger partial charge in [0.05, 0.1) is 36.7 Å². The van der Waals surface area contributed by atoms with E-state index in [1.807, 2.05) is 0 Å². The number of fused-ring (bicyclic) bond motifs is 1. The Bertz CT molecular complexity index is 1300. The lowest BCUT2D eigenvalue weighted by atomic mass is 10.2. The van der Waals surface area contributed by atoms with Crippen molar-refractivity contribution >= 4 is 34.4 Å². The maximum atomic E-state index is 14.1. The zero-order valence-corrected chi connectivity index (χ0v) is 18.7. The molecular weight excluding hydrogens is 467 g/mol. The van der Waals surface area contributed by atoms with E-state index in [1.54, 1.807) is 31.2 Å². The van der Waals surface area contributed by atoms with Gasteiger partial charge in [-0.1, -0.05) is 17.7 Å². The summed E-state index contributed by atoms with van der Waals surface area (Å²) in [4.78, 5) is 25.3. The van der Waals surface area contributed by atoms with Gasteiger partial charge in [0.2, 0.25) is 12.0 Å². The topological polar surface area (TPSA) is 124 Å². The first-order chi connectivity index (χ1) is 16.5. The van der Waals surface area contributed by atoms with Gasteiger partial charge in [-0.2, -0.15) is 5.10 Å². The molecule has 0 fully saturated rings. The molecule has 0 radical (unpaired) electrons. The molecule has 176 valence electrons. The maximum absolute atomic E-state index is 14.1. The summed E-state index contributed by atoms with van der Waals surface area (Å²) in [6.45, 7) is 1.27. The molecule has 3 heterocycles. The third-order valence-corrected chi connectivity index (χ3v) is 5.05. The summed E-state index contributed by atoms with van der Waals surface area (Å²) in [7, 11) is 0. The van der Waals surface area contributed by atoms with Gasteiger partial charge in [-0.15, -0.1) is 0 Å². The molecule has 10 nitrogen and oxygen atoms in total. The van der Waals surface area contributed by atoms with E-state index in [1.165, 1.54) is 29.5 Å². The predicted octanol–water partition coefficient (Wildman–Crippen LogP) is 2.71. The SMILES string of the molecule is Cc1c(F)cccc1-n1ncc2c(OC(COCCO)C(=O)Nc3ccc(Cl)cn3)ncnc21. The molecule has 1 aromatic carbocycles. The number of anilines is 1. The third kappa shape index (κ3) is 5.11. The van der Waals surface area contributed by atoms with E-state index >= 15 is 0 Å². The summed E-state index contributed by atoms with van der Waals surface area (Å²) in [6, 6.07) is 7.78. The molecule has 1 amide bonds. The van der Waals surface area contributed by atoms with Crippen LogP contribution < -0.4 is 10.1 Å². The Kier molecular flexibility index (Phi) is 7.26. The number of pyridine rings is 1. The van der Waals surface area contributed by atoms with Gasteiger partial charge in [-0.3, -0.25) is 4.79 Å². The number of carbonyl (C=O) groups excluding carboxylic acids is 1. The van der Waals surface area contributed by atoms with Gasteiger partial charge in [0, 0.05) is 11.8 Å². The van der Waals surface area contributed by atoms with Gasteiger partial charge in [0.15, 0.2) is 5.65 Å². The van der Waals surface area contributed by atoms with Crippen molar-refractivity contribution in [2.45, 2.75) is 13.0 Å². The number of nitrogens with zero attached hydrogens (tertiary/aromatic N) is 5. The smallest absolute Gasteiger partial charge is 0.269 e. The second-order valence-corrected chi connectivity index (χ2v) is 7.55. The first-order valence-corrected chi connectivity index (χ1v) is 10.6. The number of nitrogens with one attached hydrogen (secondary N) is 1. The van der Waals surface area contributed by atoms with Crippen LogP contribution in [-0.2, 0) is 9.53 Å². The van der Waals surface area contributed by atoms with Crippen molar-refractivity contribution in [2.24, 2.45) is 0 Å². The first-order valence-electron chi connectivity index (χ1n) is 10.2. The Morgan fingerprint density at radius 2 is 2.09 bits per heavy atom. The molecule has 0 saturated heterocycles. The van der Waals surface area contributed by atoms with Crippen molar-refractivity contribution in [2.75, 3.05) is 25.1 Å². The Balaban J connectivity index is 1.62. The molecule has 0 saturated carbocycles. The Morgan fingerprint density at radius 1 is 1.24 bits per heavy atom. The van der Waals surface area contributed by atoms with Crippen molar-refractivity contribution in [3.05, 3.63) is 65.5 Å². The second-order valence-electron chi connectivity index (χ2n) is 7.11. The number of rotatable bonds is 9. The lowest BCUT2D eigenvalue weighted by Gasteiger charge is -2.18. The van der Waals surface area contributed by atoms with E-state index in [-0.39, 0.29) is 37.3 Å². The van der Waals surface area contributed by atoms with Crippen LogP contribution in [-0.4, -0.2) is 61.7 Å². The molecule has 0 aliphatic rings. The van der Waals surface area contributed by atoms with Gasteiger partial charge in [0.1, 0.15) is 23.3 Å². The standard InChI is InChI=1S/C22H20ClFN6O4/c1-13-16(24)3-2-4-17(13)30-20-15(10-28-30)22(27-12-26-20)34-18(11-33-8-7-31)21(32)29-19-6-5-14(23)9-25-19/h2-6,9-10,12,18,31H,7-8,11H2,1H3,(H,25,29,32). The van der Waals surface area contributed by atoms with E-state index < -0.39 is 12.0 Å². The molecule has 0 aliphatic heterocycles. The highest BCUT2D eigenvalue weighted by Gasteiger charge is 2.24. The molecule has 2 N–H and O–H groups in total. The van der Waals surface area contributed by atoms with Crippen molar-refractivity contribution in [3.8, 4) is 11.6 Å². The van der Waals surface area contributed by atoms with Crippen LogP contribution in [0.1, 0.15) is 5.56 Å². The van der Waals surface area contributed by atoms with E-state index in [4.69, 9.17) is 26.2 Å². The van der Waals surface area contributed by atoms with Crippen LogP contribution in [0.5, 0.6) is 5.88 Å². The van der Waals surface area contributed by atoms with E-state index in [9.17, 15) is 9.18 Å². The molecule has 0 aliphatic carbocycles. The zero-order chi connectivity index (χ0) is 24.1. The lowest BCUT2D eigenvalue weighted by molar-refractivity contribution is -0.125. The van der Waals surface area contributed by atoms with Gasteiger partial charge in [-0.25, -0.2) is 24.0 Å². The Hall–Kier alpha value is -3.67. The number of aliphatic hydroxyl groups excluding tert-OH is 1. The lowest BCUT2D eigenvalue weighted by Crippen LogP contribution is -2.37. The monoisotopic (exact) mass is 486 g/mol. The average Bonchev–Trinajstić information content (AvgIpc) is 3.26. The summed E-state index contributed by atoms with van der Waals surface area (Å²) in [5.41, 5.74) is 1.28. The largest absolute Gasteiger partial charge is 0.461 e. The van der Waals surface area contributed by atoms with Crippen LogP contribution in [0.15, 0.2) is 49.1 Å². The molecule has 4 aromatic rings. The normalized spacial score (nSPS) is 12.0. The maximum Gasteiger partial charge on any atom is 0.269 e. The highest BCUT2D eigenvalue weighted by Crippen LogP contribution is 2.26. The minimum absolute atomic E-state index is 0.0162. The quantitative estimate of drug-likeness (QED) is 0.346. The highest BCUT2D eigenvalue weighted by molar-refractivity contribution is 6.30. The van der Waals surface area contributed by atoms with Crippen LogP contribution in [0.2, 0.25) is 5.02 Å². The molecule has 12 heteroatoms. The summed E-state index contributed by atoms with van der Waals surface area (Å²) < 4.78 is 26.8. The number of amides is 1. The number of benzene rings is 1. The van der Waals surface area contributed by atoms with Gasteiger partial charge >= 0.3 is 0 Å². The van der Waals surface area contributed by atoms with Crippen molar-refractivity contribution < 1.29 is 23.8 Å². The number of carbonyl (C=O) groups is 1. The summed E-state index contributed by atoms with van der Waals surface area (Å²) in [5.74, 6) is -0.567. The van der Waals surface area contributed by atoms with E-state index in [2.05, 4.69) is 25.4 Å². The van der Waals surface area contributed by atoms with Crippen LogP contribution in [0, 0.1) is 12.7 Å². The Morgan fingerprint density at radius 3 is 2.85 bits per heavy atom. The molecular formula is C22H20ClFN6O4. The number of halogens is 2. The number of hydrogen-bond acceptors (Lipinski definition) is 8. The zero-order valence-electron chi connectivity index (χ0n) is 18.0. The van der Waals surface area contributed by atoms with Crippen molar-refractivity contribution in [1.82, 2.24) is 24.7 Å². The third-order valence-electron chi connectivity index (χ3n) is 4.83. The van der Waals surface area contributed by atoms with Gasteiger partial charge in [0.25, 0.3) is 5.91 Å². The molecule has 0 spiro atoms. The first kappa shape index (κ1) is 23.5. The van der Waals surface area contributed by atoms with Gasteiger partial charge < -0.3 is 19.9 Å². The molecule has 0 bridgehead atoms. The molecule has 3 aromatic heterocycles. The molecule has 34 heavy (non-hydrogen) atoms. The fraction of sp³-hybridized carbons (Fsp3) is 0.227. The van der Waals surface area contributed by atoms with Crippen molar-refractivity contribution in [1.29, 1.82) is 0 Å².